The maximum absolute atomic E-state index is 12.2. The van der Waals surface area contributed by atoms with Crippen LogP contribution in [-0.2, 0) is 6.54 Å². The highest BCUT2D eigenvalue weighted by molar-refractivity contribution is 7.15. The van der Waals surface area contributed by atoms with Crippen molar-refractivity contribution >= 4 is 22.0 Å². The fourth-order valence-corrected chi connectivity index (χ4v) is 2.58. The molecule has 0 aliphatic rings. The molecule has 3 rings (SSSR count). The number of ether oxygens (including phenoxy) is 1. The zero-order chi connectivity index (χ0) is 14.9. The van der Waals surface area contributed by atoms with E-state index in [9.17, 15) is 13.2 Å². The van der Waals surface area contributed by atoms with Gasteiger partial charge in [0.25, 0.3) is 0 Å². The number of nitrogens with zero attached hydrogens (tertiary/aromatic N) is 2. The van der Waals surface area contributed by atoms with Gasteiger partial charge in [0.1, 0.15) is 5.75 Å². The highest BCUT2D eigenvalue weighted by Gasteiger charge is 2.31. The van der Waals surface area contributed by atoms with Gasteiger partial charge in [-0.2, -0.15) is 0 Å². The van der Waals surface area contributed by atoms with E-state index in [2.05, 4.69) is 15.0 Å². The summed E-state index contributed by atoms with van der Waals surface area (Å²) in [4.78, 5) is 5.25. The van der Waals surface area contributed by atoms with E-state index >= 15 is 0 Å². The van der Waals surface area contributed by atoms with Gasteiger partial charge in [-0.05, 0) is 12.1 Å². The molecule has 8 heteroatoms. The molecule has 0 aliphatic carbocycles. The summed E-state index contributed by atoms with van der Waals surface area (Å²) in [5.74, 6) is -0.252. The van der Waals surface area contributed by atoms with Crippen LogP contribution >= 0.6 is 11.3 Å². The number of anilines is 1. The summed E-state index contributed by atoms with van der Waals surface area (Å²) in [7, 11) is 0. The van der Waals surface area contributed by atoms with E-state index in [1.54, 1.807) is 6.07 Å². The van der Waals surface area contributed by atoms with Crippen LogP contribution in [0.2, 0.25) is 0 Å². The molecule has 0 radical (unpaired) electrons. The molecule has 0 saturated carbocycles. The van der Waals surface area contributed by atoms with Crippen molar-refractivity contribution < 1.29 is 17.9 Å². The third kappa shape index (κ3) is 3.46. The Morgan fingerprint density at radius 2 is 2.19 bits per heavy atom. The molecule has 1 N–H and O–H groups in total. The molecule has 3 aromatic rings. The molecule has 0 unspecified atom stereocenters. The zero-order valence-corrected chi connectivity index (χ0v) is 11.4. The van der Waals surface area contributed by atoms with Crippen LogP contribution in [0, 0.1) is 0 Å². The van der Waals surface area contributed by atoms with Crippen molar-refractivity contribution in [3.05, 3.63) is 47.7 Å². The molecular weight excluding hydrogens is 303 g/mol. The first kappa shape index (κ1) is 13.7. The number of thiazole rings is 1. The Kier molecular flexibility index (Phi) is 3.46. The van der Waals surface area contributed by atoms with Crippen LogP contribution in [0.5, 0.6) is 5.75 Å². The van der Waals surface area contributed by atoms with Crippen molar-refractivity contribution in [3.63, 3.8) is 0 Å². The predicted octanol–water partition coefficient (Wildman–Crippen LogP) is 3.91. The van der Waals surface area contributed by atoms with Gasteiger partial charge in [0, 0.05) is 29.5 Å². The van der Waals surface area contributed by atoms with Crippen molar-refractivity contribution in [1.29, 1.82) is 0 Å². The summed E-state index contributed by atoms with van der Waals surface area (Å²) in [6.45, 7) is 0.421. The summed E-state index contributed by atoms with van der Waals surface area (Å²) in [6.07, 6.45) is -0.921. The van der Waals surface area contributed by atoms with Crippen LogP contribution < -0.4 is 10.1 Å². The first-order chi connectivity index (χ1) is 9.99. The molecule has 0 aliphatic heterocycles. The minimum Gasteiger partial charge on any atom is -0.406 e. The van der Waals surface area contributed by atoms with Gasteiger partial charge in [-0.1, -0.05) is 6.07 Å². The number of alkyl halides is 3. The third-order valence-electron chi connectivity index (χ3n) is 2.68. The number of benzene rings is 1. The number of nitrogens with one attached hydrogen (secondary N) is 1. The first-order valence-corrected chi connectivity index (χ1v) is 6.88. The Morgan fingerprint density at radius 3 is 2.95 bits per heavy atom. The summed E-state index contributed by atoms with van der Waals surface area (Å²) in [6, 6.07) is 5.72. The molecule has 0 fully saturated rings. The Bertz CT molecular complexity index is 722. The minimum absolute atomic E-state index is 0.252. The molecule has 0 amide bonds. The Balaban J connectivity index is 1.67. The smallest absolute Gasteiger partial charge is 0.406 e. The van der Waals surface area contributed by atoms with Crippen molar-refractivity contribution in [1.82, 2.24) is 9.38 Å². The van der Waals surface area contributed by atoms with Crippen LogP contribution in [0.15, 0.2) is 42.0 Å². The van der Waals surface area contributed by atoms with Gasteiger partial charge in [0.2, 0.25) is 0 Å². The lowest BCUT2D eigenvalue weighted by Gasteiger charge is -2.10. The maximum atomic E-state index is 12.2. The van der Waals surface area contributed by atoms with E-state index in [1.165, 1.54) is 29.5 Å². The number of halogens is 3. The van der Waals surface area contributed by atoms with Gasteiger partial charge < -0.3 is 10.1 Å². The average Bonchev–Trinajstić information content (AvgIpc) is 2.95. The number of rotatable bonds is 4. The summed E-state index contributed by atoms with van der Waals surface area (Å²) >= 11 is 1.52. The maximum Gasteiger partial charge on any atom is 0.573 e. The molecule has 0 bridgehead atoms. The molecule has 110 valence electrons. The Labute approximate surface area is 121 Å². The quantitative estimate of drug-likeness (QED) is 0.794. The average molecular weight is 313 g/mol. The highest BCUT2D eigenvalue weighted by atomic mass is 32.1. The molecular formula is C13H10F3N3OS. The lowest BCUT2D eigenvalue weighted by molar-refractivity contribution is -0.274. The summed E-state index contributed by atoms with van der Waals surface area (Å²) in [5.41, 5.74) is 1.34. The van der Waals surface area contributed by atoms with E-state index in [-0.39, 0.29) is 5.75 Å². The van der Waals surface area contributed by atoms with Gasteiger partial charge in [-0.25, -0.2) is 4.98 Å². The van der Waals surface area contributed by atoms with Crippen molar-refractivity contribution in [3.8, 4) is 5.75 Å². The van der Waals surface area contributed by atoms with E-state index in [1.807, 2.05) is 22.2 Å². The second kappa shape index (κ2) is 5.28. The normalized spacial score (nSPS) is 11.8. The number of imidazole rings is 1. The van der Waals surface area contributed by atoms with Crippen LogP contribution in [0.25, 0.3) is 4.96 Å². The Morgan fingerprint density at radius 1 is 1.33 bits per heavy atom. The van der Waals surface area contributed by atoms with Crippen molar-refractivity contribution in [2.45, 2.75) is 12.9 Å². The van der Waals surface area contributed by atoms with E-state index in [4.69, 9.17) is 0 Å². The largest absolute Gasteiger partial charge is 0.573 e. The lowest BCUT2D eigenvalue weighted by atomic mass is 10.3. The number of hydrogen-bond acceptors (Lipinski definition) is 4. The lowest BCUT2D eigenvalue weighted by Crippen LogP contribution is -2.17. The van der Waals surface area contributed by atoms with Crippen molar-refractivity contribution in [2.24, 2.45) is 0 Å². The standard InChI is InChI=1S/C13H10F3N3OS/c14-13(15,16)20-11-3-1-2-9(6-11)17-7-10-8-19-4-5-21-12(19)18-10/h1-6,8,17H,7H2. The second-order valence-corrected chi connectivity index (χ2v) is 5.13. The SMILES string of the molecule is FC(F)(F)Oc1cccc(NCc2cn3ccsc3n2)c1. The first-order valence-electron chi connectivity index (χ1n) is 6.00. The second-order valence-electron chi connectivity index (χ2n) is 4.25. The van der Waals surface area contributed by atoms with Crippen LogP contribution in [0.3, 0.4) is 0 Å². The van der Waals surface area contributed by atoms with E-state index in [0.717, 1.165) is 10.7 Å². The number of hydrogen-bond donors (Lipinski definition) is 1. The van der Waals surface area contributed by atoms with Crippen molar-refractivity contribution in [2.75, 3.05) is 5.32 Å². The summed E-state index contributed by atoms with van der Waals surface area (Å²) < 4.78 is 42.2. The topological polar surface area (TPSA) is 38.6 Å². The molecule has 2 aromatic heterocycles. The van der Waals surface area contributed by atoms with E-state index < -0.39 is 6.36 Å². The molecule has 4 nitrogen and oxygen atoms in total. The van der Waals surface area contributed by atoms with Gasteiger partial charge >= 0.3 is 6.36 Å². The van der Waals surface area contributed by atoms with Gasteiger partial charge in [0.05, 0.1) is 12.2 Å². The summed E-state index contributed by atoms with van der Waals surface area (Å²) in [5, 5.41) is 4.95. The van der Waals surface area contributed by atoms with Gasteiger partial charge in [-0.15, -0.1) is 24.5 Å². The van der Waals surface area contributed by atoms with Gasteiger partial charge in [-0.3, -0.25) is 4.40 Å². The Hall–Kier alpha value is -2.22. The van der Waals surface area contributed by atoms with Crippen LogP contribution in [-0.4, -0.2) is 15.7 Å². The monoisotopic (exact) mass is 313 g/mol. The van der Waals surface area contributed by atoms with Crippen LogP contribution in [0.1, 0.15) is 5.69 Å². The van der Waals surface area contributed by atoms with Crippen LogP contribution in [0.4, 0.5) is 18.9 Å². The molecule has 0 atom stereocenters. The predicted molar refractivity (Wildman–Crippen MR) is 73.5 cm³/mol. The fraction of sp³-hybridized carbons (Fsp3) is 0.154. The minimum atomic E-state index is -4.69. The molecule has 0 spiro atoms. The van der Waals surface area contributed by atoms with E-state index in [0.29, 0.717) is 12.2 Å². The third-order valence-corrected chi connectivity index (χ3v) is 3.46. The molecule has 21 heavy (non-hydrogen) atoms. The number of aromatic nitrogens is 2. The molecule has 2 heterocycles. The molecule has 0 saturated heterocycles. The number of fused-ring (bicyclic) bond motifs is 1. The fourth-order valence-electron chi connectivity index (χ4n) is 1.86. The highest BCUT2D eigenvalue weighted by Crippen LogP contribution is 2.25. The van der Waals surface area contributed by atoms with Gasteiger partial charge in [0.15, 0.2) is 4.96 Å². The zero-order valence-electron chi connectivity index (χ0n) is 10.6. The molecule has 1 aromatic carbocycles.